The zero-order valence-electron chi connectivity index (χ0n) is 30.4. The Kier molecular flexibility index (Phi) is 10.5. The summed E-state index contributed by atoms with van der Waals surface area (Å²) in [6.07, 6.45) is 6.11. The van der Waals surface area contributed by atoms with Crippen LogP contribution < -0.4 is 4.72 Å². The molecule has 0 unspecified atom stereocenters. The number of sulfonamides is 1. The third-order valence-electron chi connectivity index (χ3n) is 10.1. The second-order valence-electron chi connectivity index (χ2n) is 13.9. The van der Waals surface area contributed by atoms with Gasteiger partial charge in [-0.1, -0.05) is 79.9 Å². The highest BCUT2D eigenvalue weighted by molar-refractivity contribution is 7.92. The van der Waals surface area contributed by atoms with Gasteiger partial charge in [-0.15, -0.1) is 0 Å². The molecule has 2 amide bonds. The maximum absolute atomic E-state index is 14.0. The van der Waals surface area contributed by atoms with Gasteiger partial charge in [0.1, 0.15) is 17.1 Å². The highest BCUT2D eigenvalue weighted by atomic mass is 32.2. The molecule has 6 rings (SSSR count). The minimum atomic E-state index is -4.13. The van der Waals surface area contributed by atoms with Gasteiger partial charge in [0.25, 0.3) is 21.8 Å². The number of nitrogens with zero attached hydrogens (tertiary/aromatic N) is 4. The van der Waals surface area contributed by atoms with Gasteiger partial charge >= 0.3 is 0 Å². The third-order valence-corrected chi connectivity index (χ3v) is 11.5. The van der Waals surface area contributed by atoms with Crippen molar-refractivity contribution in [2.24, 2.45) is 4.99 Å². The lowest BCUT2D eigenvalue weighted by atomic mass is 9.95. The zero-order valence-corrected chi connectivity index (χ0v) is 31.2. The second kappa shape index (κ2) is 14.9. The van der Waals surface area contributed by atoms with Gasteiger partial charge in [-0.2, -0.15) is 0 Å². The number of ketones is 1. The molecule has 1 fully saturated rings. The number of nitrogens with one attached hydrogen (secondary N) is 1. The van der Waals surface area contributed by atoms with Gasteiger partial charge in [0.15, 0.2) is 11.6 Å². The first-order valence-corrected chi connectivity index (χ1v) is 19.3. The van der Waals surface area contributed by atoms with Crippen LogP contribution in [0.2, 0.25) is 0 Å². The summed E-state index contributed by atoms with van der Waals surface area (Å²) < 4.78 is 35.6. The highest BCUT2D eigenvalue weighted by Gasteiger charge is 2.49. The van der Waals surface area contributed by atoms with Gasteiger partial charge in [-0.3, -0.25) is 29.0 Å². The minimum Gasteiger partial charge on any atom is -0.359 e. The van der Waals surface area contributed by atoms with Crippen molar-refractivity contribution >= 4 is 39.3 Å². The Morgan fingerprint density at radius 2 is 1.67 bits per heavy atom. The predicted octanol–water partition coefficient (Wildman–Crippen LogP) is 7.48. The van der Waals surface area contributed by atoms with E-state index in [4.69, 9.17) is 9.52 Å². The largest absolute Gasteiger partial charge is 0.359 e. The third kappa shape index (κ3) is 7.30. The van der Waals surface area contributed by atoms with Gasteiger partial charge in [0, 0.05) is 42.3 Å². The van der Waals surface area contributed by atoms with Gasteiger partial charge in [0.2, 0.25) is 0 Å². The van der Waals surface area contributed by atoms with Crippen LogP contribution in [0.5, 0.6) is 0 Å². The summed E-state index contributed by atoms with van der Waals surface area (Å²) in [4.78, 5) is 47.9. The number of aryl methyl sites for hydroxylation is 1. The van der Waals surface area contributed by atoms with E-state index >= 15 is 0 Å². The fraction of sp³-hybridized carbons (Fsp3) is 0.375. The molecule has 0 atom stereocenters. The van der Waals surface area contributed by atoms with Crippen molar-refractivity contribution in [2.45, 2.75) is 96.2 Å². The lowest BCUT2D eigenvalue weighted by Gasteiger charge is -2.24. The molecule has 52 heavy (non-hydrogen) atoms. The fourth-order valence-corrected chi connectivity index (χ4v) is 8.31. The van der Waals surface area contributed by atoms with Crippen molar-refractivity contribution in [3.63, 3.8) is 0 Å². The van der Waals surface area contributed by atoms with Crippen LogP contribution in [-0.4, -0.2) is 59.4 Å². The van der Waals surface area contributed by atoms with Gasteiger partial charge in [-0.25, -0.2) is 8.42 Å². The number of hydrogen-bond acceptors (Lipinski definition) is 8. The van der Waals surface area contributed by atoms with E-state index in [1.807, 2.05) is 23.1 Å². The fourth-order valence-electron chi connectivity index (χ4n) is 7.03. The van der Waals surface area contributed by atoms with E-state index in [0.717, 1.165) is 56.3 Å². The van der Waals surface area contributed by atoms with Crippen molar-refractivity contribution in [3.8, 4) is 11.1 Å². The molecule has 0 saturated heterocycles. The molecule has 0 bridgehead atoms. The molecule has 1 spiro atoms. The first-order valence-electron chi connectivity index (χ1n) is 17.8. The highest BCUT2D eigenvalue weighted by Crippen LogP contribution is 2.40. The number of carbonyl (C=O) groups excluding carboxylic acids is 3. The summed E-state index contributed by atoms with van der Waals surface area (Å²) in [7, 11) is -2.45. The molecule has 1 aliphatic heterocycles. The van der Waals surface area contributed by atoms with Crippen molar-refractivity contribution in [2.75, 3.05) is 11.8 Å². The molecule has 12 heteroatoms. The number of amidine groups is 1. The summed E-state index contributed by atoms with van der Waals surface area (Å²) in [5.41, 5.74) is 3.42. The summed E-state index contributed by atoms with van der Waals surface area (Å²) in [5, 5.41) is 3.90. The first kappa shape index (κ1) is 36.7. The van der Waals surface area contributed by atoms with Crippen LogP contribution in [0, 0.1) is 13.8 Å². The van der Waals surface area contributed by atoms with E-state index in [9.17, 15) is 22.8 Å². The van der Waals surface area contributed by atoms with Crippen molar-refractivity contribution in [1.82, 2.24) is 15.0 Å². The first-order chi connectivity index (χ1) is 24.8. The lowest BCUT2D eigenvalue weighted by molar-refractivity contribution is -0.131. The van der Waals surface area contributed by atoms with E-state index in [1.54, 1.807) is 68.3 Å². The Balaban J connectivity index is 1.39. The average molecular weight is 724 g/mol. The van der Waals surface area contributed by atoms with Gasteiger partial charge in [0.05, 0.1) is 11.4 Å². The Labute approximate surface area is 305 Å². The molecule has 2 heterocycles. The lowest BCUT2D eigenvalue weighted by Crippen LogP contribution is -2.40. The topological polar surface area (TPSA) is 142 Å². The van der Waals surface area contributed by atoms with Crippen LogP contribution in [0.3, 0.4) is 0 Å². The van der Waals surface area contributed by atoms with Crippen molar-refractivity contribution in [1.29, 1.82) is 0 Å². The number of anilines is 1. The van der Waals surface area contributed by atoms with E-state index in [2.05, 4.69) is 16.8 Å². The van der Waals surface area contributed by atoms with Crippen LogP contribution in [-0.2, 0) is 27.9 Å². The molecule has 0 radical (unpaired) electrons. The number of benzene rings is 3. The number of aliphatic imine (C=N–C) groups is 1. The SMILES string of the molecule is CCCCC1=NC2(CCCC2)C(=O)N1Cc1ccc(-c2ccccc2S(=O)(=O)Nc2noc(C)c2C)c(CN(C)C(=O)c2ccc(C(C)=O)cc2)c1. The van der Waals surface area contributed by atoms with Gasteiger partial charge < -0.3 is 9.42 Å². The summed E-state index contributed by atoms with van der Waals surface area (Å²) in [5.74, 6) is 1.12. The number of hydrogen-bond donors (Lipinski definition) is 1. The monoisotopic (exact) mass is 723 g/mol. The molecule has 2 aliphatic rings. The van der Waals surface area contributed by atoms with Crippen molar-refractivity contribution < 1.29 is 27.3 Å². The Morgan fingerprint density at radius 3 is 2.33 bits per heavy atom. The molecule has 3 aromatic carbocycles. The Hall–Kier alpha value is -5.10. The number of rotatable bonds is 13. The summed E-state index contributed by atoms with van der Waals surface area (Å²) in [6.45, 7) is 7.47. The number of Topliss-reactive ketones (excluding diaryl/α,β-unsaturated/α-hetero) is 1. The van der Waals surface area contributed by atoms with Crippen LogP contribution >= 0.6 is 0 Å². The normalized spacial score (nSPS) is 15.3. The number of aromatic nitrogens is 1. The van der Waals surface area contributed by atoms with E-state index in [0.29, 0.717) is 45.7 Å². The van der Waals surface area contributed by atoms with E-state index < -0.39 is 15.6 Å². The van der Waals surface area contributed by atoms with Crippen molar-refractivity contribution in [3.05, 3.63) is 100 Å². The minimum absolute atomic E-state index is 0.0322. The molecule has 1 saturated carbocycles. The average Bonchev–Trinajstić information content (AvgIpc) is 3.81. The van der Waals surface area contributed by atoms with Crippen LogP contribution in [0.25, 0.3) is 11.1 Å². The van der Waals surface area contributed by atoms with Crippen LogP contribution in [0.1, 0.15) is 102 Å². The number of amides is 2. The number of unbranched alkanes of at least 4 members (excludes halogenated alkanes) is 1. The number of carbonyl (C=O) groups is 3. The zero-order chi connectivity index (χ0) is 37.2. The molecular weight excluding hydrogens is 679 g/mol. The van der Waals surface area contributed by atoms with Crippen LogP contribution in [0.4, 0.5) is 5.82 Å². The predicted molar refractivity (Wildman–Crippen MR) is 200 cm³/mol. The molecule has 4 aromatic rings. The molecule has 1 aliphatic carbocycles. The van der Waals surface area contributed by atoms with Crippen LogP contribution in [0.15, 0.2) is 81.1 Å². The maximum Gasteiger partial charge on any atom is 0.263 e. The van der Waals surface area contributed by atoms with E-state index in [1.165, 1.54) is 13.0 Å². The molecule has 272 valence electrons. The standard InChI is InChI=1S/C40H45N5O6S/c1-6-7-14-36-41-40(21-10-11-22-40)39(48)45(36)24-29-15-20-33(32(23-29)25-44(5)38(47)31-18-16-30(17-19-31)27(3)46)34-12-8-9-13-35(34)52(49,50)43-37-26(2)28(4)51-42-37/h8-9,12-13,15-20,23H,6-7,10-11,14,21-22,24-25H2,1-5H3,(H,42,43). The quantitative estimate of drug-likeness (QED) is 0.141. The maximum atomic E-state index is 14.0. The summed E-state index contributed by atoms with van der Waals surface area (Å²) in [6, 6.07) is 18.9. The summed E-state index contributed by atoms with van der Waals surface area (Å²) >= 11 is 0. The Morgan fingerprint density at radius 1 is 0.981 bits per heavy atom. The Bertz CT molecular complexity index is 2150. The van der Waals surface area contributed by atoms with E-state index in [-0.39, 0.29) is 34.9 Å². The smallest absolute Gasteiger partial charge is 0.263 e. The molecule has 1 N–H and O–H groups in total. The van der Waals surface area contributed by atoms with Gasteiger partial charge in [-0.05, 0) is 74.9 Å². The molecule has 1 aromatic heterocycles. The molecule has 11 nitrogen and oxygen atoms in total. The second-order valence-corrected chi connectivity index (χ2v) is 15.5. The molecular formula is C40H45N5O6S.